The summed E-state index contributed by atoms with van der Waals surface area (Å²) in [7, 11) is 1.63. The fourth-order valence-corrected chi connectivity index (χ4v) is 5.96. The maximum Gasteiger partial charge on any atom is 0.318 e. The van der Waals surface area contributed by atoms with Gasteiger partial charge in [0, 0.05) is 18.6 Å². The number of aliphatic hydroxyl groups excluding tert-OH is 1. The number of rotatable bonds is 2. The van der Waals surface area contributed by atoms with Gasteiger partial charge in [0.1, 0.15) is 11.3 Å². The number of amides is 2. The molecule has 2 amide bonds. The summed E-state index contributed by atoms with van der Waals surface area (Å²) in [5.41, 5.74) is 0.346. The summed E-state index contributed by atoms with van der Waals surface area (Å²) in [6, 6.07) is 16.5. The number of fused-ring (bicyclic) bond motifs is 2. The number of ether oxygens (including phenoxy) is 1. The highest BCUT2D eigenvalue weighted by atomic mass is 16.5. The molecular weight excluding hydrogens is 368 g/mol. The first-order valence-electron chi connectivity index (χ1n) is 9.80. The average molecular weight is 388 g/mol. The van der Waals surface area contributed by atoms with Crippen LogP contribution in [-0.4, -0.2) is 40.2 Å². The molecule has 0 saturated carbocycles. The summed E-state index contributed by atoms with van der Waals surface area (Å²) in [5, 5.41) is 11.3. The first kappa shape index (κ1) is 16.9. The Kier molecular flexibility index (Phi) is 3.12. The third-order valence-corrected chi connectivity index (χ3v) is 7.14. The van der Waals surface area contributed by atoms with Crippen LogP contribution in [0.3, 0.4) is 0 Å². The van der Waals surface area contributed by atoms with E-state index in [9.17, 15) is 14.7 Å². The molecular formula is C23H20N2O4. The molecule has 1 unspecified atom stereocenters. The Morgan fingerprint density at radius 3 is 2.48 bits per heavy atom. The number of anilines is 1. The van der Waals surface area contributed by atoms with Crippen LogP contribution in [0, 0.1) is 5.92 Å². The largest absolute Gasteiger partial charge is 0.388 e. The van der Waals surface area contributed by atoms with Crippen molar-refractivity contribution >= 4 is 17.5 Å². The van der Waals surface area contributed by atoms with Gasteiger partial charge in [-0.05, 0) is 24.1 Å². The number of aliphatic hydroxyl groups is 1. The van der Waals surface area contributed by atoms with E-state index in [2.05, 4.69) is 0 Å². The van der Waals surface area contributed by atoms with Gasteiger partial charge in [0.05, 0.1) is 17.8 Å². The molecule has 5 atom stereocenters. The van der Waals surface area contributed by atoms with Gasteiger partial charge in [0.2, 0.25) is 0 Å². The third kappa shape index (κ3) is 1.75. The molecule has 0 aromatic heterocycles. The third-order valence-electron chi connectivity index (χ3n) is 7.14. The van der Waals surface area contributed by atoms with Gasteiger partial charge >= 0.3 is 11.8 Å². The standard InChI is InChI=1S/C23H20N2O4/c1-29-22-11-12-23-16(13-22)18(26)15-9-5-6-10-17(15)24(23)20(27)21(28)25(23)19(22)14-7-3-2-4-8-14/h2-12,16,18-19,26H,13H2,1H3/t16-,18+,19+,22+,23?/m0/s1. The zero-order valence-electron chi connectivity index (χ0n) is 15.9. The number of benzene rings is 2. The summed E-state index contributed by atoms with van der Waals surface area (Å²) in [6.07, 6.45) is 3.58. The van der Waals surface area contributed by atoms with E-state index in [1.54, 1.807) is 23.0 Å². The van der Waals surface area contributed by atoms with E-state index in [0.717, 1.165) is 5.56 Å². The van der Waals surface area contributed by atoms with Gasteiger partial charge in [-0.3, -0.25) is 19.4 Å². The van der Waals surface area contributed by atoms with Crippen LogP contribution in [0.1, 0.15) is 29.7 Å². The SMILES string of the molecule is CO[C@]12C=CC34[C@@H](C1)[C@H](O)c1ccccc1N3C(=O)C(=O)N4[C@@H]2c1ccccc1. The van der Waals surface area contributed by atoms with Crippen molar-refractivity contribution < 1.29 is 19.4 Å². The topological polar surface area (TPSA) is 70.1 Å². The van der Waals surface area contributed by atoms with E-state index >= 15 is 0 Å². The molecule has 2 aromatic rings. The molecule has 2 fully saturated rings. The van der Waals surface area contributed by atoms with E-state index < -0.39 is 35.2 Å². The highest BCUT2D eigenvalue weighted by Gasteiger charge is 2.73. The monoisotopic (exact) mass is 388 g/mol. The summed E-state index contributed by atoms with van der Waals surface area (Å²) < 4.78 is 6.03. The lowest BCUT2D eigenvalue weighted by atomic mass is 9.61. The van der Waals surface area contributed by atoms with Crippen LogP contribution in [0.4, 0.5) is 5.69 Å². The molecule has 146 valence electrons. The van der Waals surface area contributed by atoms with Crippen molar-refractivity contribution in [3.05, 3.63) is 77.9 Å². The molecule has 2 saturated heterocycles. The molecule has 6 heteroatoms. The van der Waals surface area contributed by atoms with Crippen molar-refractivity contribution in [2.24, 2.45) is 5.92 Å². The average Bonchev–Trinajstić information content (AvgIpc) is 3.00. The van der Waals surface area contributed by atoms with Crippen LogP contribution >= 0.6 is 0 Å². The Bertz CT molecular complexity index is 1080. The Hall–Kier alpha value is -2.96. The Morgan fingerprint density at radius 2 is 1.72 bits per heavy atom. The molecule has 5 aliphatic rings. The Balaban J connectivity index is 1.67. The van der Waals surface area contributed by atoms with E-state index in [1.165, 1.54) is 0 Å². The molecule has 7 rings (SSSR count). The fraction of sp³-hybridized carbons (Fsp3) is 0.304. The lowest BCUT2D eigenvalue weighted by Crippen LogP contribution is -2.72. The maximum atomic E-state index is 13.4. The van der Waals surface area contributed by atoms with Gasteiger partial charge in [-0.1, -0.05) is 54.6 Å². The van der Waals surface area contributed by atoms with Crippen LogP contribution in [-0.2, 0) is 14.3 Å². The molecule has 1 aliphatic carbocycles. The zero-order chi connectivity index (χ0) is 20.0. The Labute approximate surface area is 168 Å². The second kappa shape index (κ2) is 5.34. The molecule has 4 heterocycles. The minimum absolute atomic E-state index is 0.377. The first-order valence-corrected chi connectivity index (χ1v) is 9.80. The van der Waals surface area contributed by atoms with E-state index in [1.807, 2.05) is 60.7 Å². The number of carbonyl (C=O) groups is 2. The molecule has 1 spiro atoms. The number of para-hydroxylation sites is 1. The van der Waals surface area contributed by atoms with Gasteiger partial charge in [-0.25, -0.2) is 0 Å². The van der Waals surface area contributed by atoms with E-state index in [0.29, 0.717) is 17.7 Å². The van der Waals surface area contributed by atoms with E-state index in [4.69, 9.17) is 4.74 Å². The van der Waals surface area contributed by atoms with Gasteiger partial charge in [0.25, 0.3) is 0 Å². The number of hydrogen-bond acceptors (Lipinski definition) is 4. The second-order valence-corrected chi connectivity index (χ2v) is 8.22. The lowest BCUT2D eigenvalue weighted by molar-refractivity contribution is -0.179. The molecule has 2 aromatic carbocycles. The van der Waals surface area contributed by atoms with Crippen molar-refractivity contribution in [3.8, 4) is 0 Å². The molecule has 2 bridgehead atoms. The van der Waals surface area contributed by atoms with Crippen LogP contribution < -0.4 is 4.90 Å². The smallest absolute Gasteiger partial charge is 0.318 e. The summed E-state index contributed by atoms with van der Waals surface area (Å²) in [6.45, 7) is 0. The normalized spacial score (nSPS) is 36.4. The highest BCUT2D eigenvalue weighted by Crippen LogP contribution is 2.64. The van der Waals surface area contributed by atoms with Crippen LogP contribution in [0.25, 0.3) is 0 Å². The molecule has 4 aliphatic heterocycles. The highest BCUT2D eigenvalue weighted by molar-refractivity contribution is 6.44. The van der Waals surface area contributed by atoms with Crippen LogP contribution in [0.2, 0.25) is 0 Å². The predicted octanol–water partition coefficient (Wildman–Crippen LogP) is 2.32. The zero-order valence-corrected chi connectivity index (χ0v) is 15.9. The Morgan fingerprint density at radius 1 is 1.00 bits per heavy atom. The fourth-order valence-electron chi connectivity index (χ4n) is 5.96. The minimum Gasteiger partial charge on any atom is -0.388 e. The van der Waals surface area contributed by atoms with Gasteiger partial charge < -0.3 is 9.84 Å². The summed E-state index contributed by atoms with van der Waals surface area (Å²) >= 11 is 0. The number of piperidine rings is 1. The number of nitrogens with zero attached hydrogens (tertiary/aromatic N) is 2. The van der Waals surface area contributed by atoms with Crippen molar-refractivity contribution in [1.82, 2.24) is 4.90 Å². The van der Waals surface area contributed by atoms with Gasteiger partial charge in [-0.15, -0.1) is 0 Å². The van der Waals surface area contributed by atoms with Crippen molar-refractivity contribution in [2.75, 3.05) is 12.0 Å². The van der Waals surface area contributed by atoms with Crippen molar-refractivity contribution in [3.63, 3.8) is 0 Å². The second-order valence-electron chi connectivity index (χ2n) is 8.22. The maximum absolute atomic E-state index is 13.4. The molecule has 1 N–H and O–H groups in total. The van der Waals surface area contributed by atoms with Crippen molar-refractivity contribution in [2.45, 2.75) is 29.8 Å². The predicted molar refractivity (Wildman–Crippen MR) is 105 cm³/mol. The molecule has 6 nitrogen and oxygen atoms in total. The number of methoxy groups -OCH3 is 1. The minimum atomic E-state index is -1.03. The van der Waals surface area contributed by atoms with Crippen LogP contribution in [0.5, 0.6) is 0 Å². The van der Waals surface area contributed by atoms with E-state index in [-0.39, 0.29) is 5.92 Å². The van der Waals surface area contributed by atoms with Gasteiger partial charge in [0.15, 0.2) is 0 Å². The summed E-state index contributed by atoms with van der Waals surface area (Å²) in [4.78, 5) is 29.9. The molecule has 0 radical (unpaired) electrons. The first-order chi connectivity index (χ1) is 14.0. The lowest BCUT2D eigenvalue weighted by Gasteiger charge is -2.64. The summed E-state index contributed by atoms with van der Waals surface area (Å²) in [5.74, 6) is -1.50. The molecule has 29 heavy (non-hydrogen) atoms. The number of carbonyl (C=O) groups excluding carboxylic acids is 2. The van der Waals surface area contributed by atoms with Crippen LogP contribution in [0.15, 0.2) is 66.7 Å². The van der Waals surface area contributed by atoms with Crippen molar-refractivity contribution in [1.29, 1.82) is 0 Å². The van der Waals surface area contributed by atoms with Gasteiger partial charge in [-0.2, -0.15) is 0 Å². The quantitative estimate of drug-likeness (QED) is 0.633. The number of hydrogen-bond donors (Lipinski definition) is 1.